The fourth-order valence-electron chi connectivity index (χ4n) is 2.54. The molecular formula is C16H24ClN3O2. The first kappa shape index (κ1) is 17.1. The summed E-state index contributed by atoms with van der Waals surface area (Å²) in [6.07, 6.45) is 0. The van der Waals surface area contributed by atoms with Crippen molar-refractivity contribution in [2.45, 2.75) is 13.0 Å². The first-order valence-electron chi connectivity index (χ1n) is 7.62. The van der Waals surface area contributed by atoms with Gasteiger partial charge in [-0.3, -0.25) is 9.69 Å². The highest BCUT2D eigenvalue weighted by Gasteiger charge is 2.22. The SMILES string of the molecule is CC1CN(C)CCN1CC(=O)NCCOc1ccc(Cl)cc1. The molecule has 6 heteroatoms. The van der Waals surface area contributed by atoms with Crippen LogP contribution < -0.4 is 10.1 Å². The molecule has 0 spiro atoms. The molecule has 122 valence electrons. The smallest absolute Gasteiger partial charge is 0.234 e. The maximum absolute atomic E-state index is 12.0. The number of benzene rings is 1. The summed E-state index contributed by atoms with van der Waals surface area (Å²) in [4.78, 5) is 16.5. The lowest BCUT2D eigenvalue weighted by Crippen LogP contribution is -2.53. The molecule has 0 radical (unpaired) electrons. The molecule has 1 aliphatic rings. The highest BCUT2D eigenvalue weighted by Crippen LogP contribution is 2.15. The van der Waals surface area contributed by atoms with Crippen LogP contribution in [0.3, 0.4) is 0 Å². The first-order valence-corrected chi connectivity index (χ1v) is 8.00. The molecule has 22 heavy (non-hydrogen) atoms. The van der Waals surface area contributed by atoms with E-state index in [-0.39, 0.29) is 5.91 Å². The number of halogens is 1. The van der Waals surface area contributed by atoms with Crippen LogP contribution in [0.2, 0.25) is 5.02 Å². The normalized spacial score (nSPS) is 19.9. The van der Waals surface area contributed by atoms with Gasteiger partial charge in [-0.25, -0.2) is 0 Å². The highest BCUT2D eigenvalue weighted by molar-refractivity contribution is 6.30. The molecule has 0 aliphatic carbocycles. The zero-order valence-corrected chi connectivity index (χ0v) is 14.0. The Kier molecular flexibility index (Phi) is 6.49. The van der Waals surface area contributed by atoms with Crippen molar-refractivity contribution in [3.8, 4) is 5.75 Å². The van der Waals surface area contributed by atoms with E-state index in [0.29, 0.717) is 30.8 Å². The van der Waals surface area contributed by atoms with Crippen LogP contribution >= 0.6 is 11.6 Å². The summed E-state index contributed by atoms with van der Waals surface area (Å²) >= 11 is 5.81. The topological polar surface area (TPSA) is 44.8 Å². The van der Waals surface area contributed by atoms with Crippen molar-refractivity contribution in [1.82, 2.24) is 15.1 Å². The number of nitrogens with one attached hydrogen (secondary N) is 1. The van der Waals surface area contributed by atoms with Crippen molar-refractivity contribution < 1.29 is 9.53 Å². The highest BCUT2D eigenvalue weighted by atomic mass is 35.5. The number of likely N-dealkylation sites (N-methyl/N-ethyl adjacent to an activating group) is 1. The van der Waals surface area contributed by atoms with E-state index in [1.165, 1.54) is 0 Å². The zero-order valence-electron chi connectivity index (χ0n) is 13.2. The molecule has 0 saturated carbocycles. The number of rotatable bonds is 6. The van der Waals surface area contributed by atoms with Crippen molar-refractivity contribution >= 4 is 17.5 Å². The molecule has 1 aliphatic heterocycles. The summed E-state index contributed by atoms with van der Waals surface area (Å²) in [7, 11) is 2.11. The van der Waals surface area contributed by atoms with Crippen molar-refractivity contribution in [2.75, 3.05) is 46.4 Å². The van der Waals surface area contributed by atoms with Gasteiger partial charge in [0.25, 0.3) is 0 Å². The van der Waals surface area contributed by atoms with Crippen molar-refractivity contribution in [2.24, 2.45) is 0 Å². The molecule has 1 aromatic carbocycles. The molecule has 0 aromatic heterocycles. The lowest BCUT2D eigenvalue weighted by Gasteiger charge is -2.37. The molecule has 0 bridgehead atoms. The Morgan fingerprint density at radius 1 is 1.36 bits per heavy atom. The maximum Gasteiger partial charge on any atom is 0.234 e. The summed E-state index contributed by atoms with van der Waals surface area (Å²) < 4.78 is 5.54. The third-order valence-electron chi connectivity index (χ3n) is 3.82. The molecule has 1 amide bonds. The molecule has 5 nitrogen and oxygen atoms in total. The molecule has 1 heterocycles. The van der Waals surface area contributed by atoms with E-state index in [1.807, 2.05) is 12.1 Å². The van der Waals surface area contributed by atoms with Crippen molar-refractivity contribution in [1.29, 1.82) is 0 Å². The van der Waals surface area contributed by atoms with E-state index < -0.39 is 0 Å². The van der Waals surface area contributed by atoms with Crippen molar-refractivity contribution in [3.63, 3.8) is 0 Å². The number of hydrogen-bond donors (Lipinski definition) is 1. The van der Waals surface area contributed by atoms with Gasteiger partial charge in [0, 0.05) is 30.7 Å². The second kappa shape index (κ2) is 8.36. The van der Waals surface area contributed by atoms with Gasteiger partial charge >= 0.3 is 0 Å². The van der Waals surface area contributed by atoms with Crippen LogP contribution in [-0.2, 0) is 4.79 Å². The van der Waals surface area contributed by atoms with Gasteiger partial charge in [-0.2, -0.15) is 0 Å². The summed E-state index contributed by atoms with van der Waals surface area (Å²) in [5.74, 6) is 0.808. The summed E-state index contributed by atoms with van der Waals surface area (Å²) in [6, 6.07) is 7.61. The van der Waals surface area contributed by atoms with Crippen LogP contribution in [0, 0.1) is 0 Å². The van der Waals surface area contributed by atoms with Crippen LogP contribution in [0.1, 0.15) is 6.92 Å². The largest absolute Gasteiger partial charge is 0.492 e. The number of ether oxygens (including phenoxy) is 1. The van der Waals surface area contributed by atoms with E-state index in [2.05, 4.69) is 29.1 Å². The standard InChI is InChI=1S/C16H24ClN3O2/c1-13-11-19(2)8-9-20(13)12-16(21)18-7-10-22-15-5-3-14(17)4-6-15/h3-6,13H,7-12H2,1-2H3,(H,18,21). The molecule has 1 atom stereocenters. The summed E-state index contributed by atoms with van der Waals surface area (Å²) in [6.45, 7) is 6.52. The monoisotopic (exact) mass is 325 g/mol. The van der Waals surface area contributed by atoms with Crippen LogP contribution in [0.15, 0.2) is 24.3 Å². The van der Waals surface area contributed by atoms with Gasteiger partial charge in [0.2, 0.25) is 5.91 Å². The second-order valence-electron chi connectivity index (χ2n) is 5.73. The average molecular weight is 326 g/mol. The van der Waals surface area contributed by atoms with Gasteiger partial charge < -0.3 is 15.0 Å². The minimum atomic E-state index is 0.0520. The Labute approximate surface area is 137 Å². The van der Waals surface area contributed by atoms with Crippen LogP contribution in [0.25, 0.3) is 0 Å². The Morgan fingerprint density at radius 2 is 2.09 bits per heavy atom. The first-order chi connectivity index (χ1) is 10.5. The fraction of sp³-hybridized carbons (Fsp3) is 0.562. The number of hydrogen-bond acceptors (Lipinski definition) is 4. The molecule has 1 saturated heterocycles. The maximum atomic E-state index is 12.0. The average Bonchev–Trinajstić information content (AvgIpc) is 2.48. The molecule has 1 N–H and O–H groups in total. The Balaban J connectivity index is 1.62. The quantitative estimate of drug-likeness (QED) is 0.805. The van der Waals surface area contributed by atoms with Gasteiger partial charge in [0.05, 0.1) is 13.1 Å². The number of carbonyl (C=O) groups is 1. The molecular weight excluding hydrogens is 302 g/mol. The number of nitrogens with zero attached hydrogens (tertiary/aromatic N) is 2. The van der Waals surface area contributed by atoms with E-state index in [0.717, 1.165) is 25.4 Å². The zero-order chi connectivity index (χ0) is 15.9. The Morgan fingerprint density at radius 3 is 2.77 bits per heavy atom. The van der Waals surface area contributed by atoms with E-state index in [4.69, 9.17) is 16.3 Å². The van der Waals surface area contributed by atoms with Gasteiger partial charge in [0.1, 0.15) is 12.4 Å². The predicted molar refractivity (Wildman–Crippen MR) is 88.5 cm³/mol. The minimum Gasteiger partial charge on any atom is -0.492 e. The lowest BCUT2D eigenvalue weighted by molar-refractivity contribution is -0.123. The number of carbonyl (C=O) groups excluding carboxylic acids is 1. The minimum absolute atomic E-state index is 0.0520. The molecule has 1 aromatic rings. The third-order valence-corrected chi connectivity index (χ3v) is 4.07. The molecule has 1 fully saturated rings. The van der Waals surface area contributed by atoms with Crippen LogP contribution in [-0.4, -0.2) is 68.1 Å². The van der Waals surface area contributed by atoms with Gasteiger partial charge in [-0.05, 0) is 38.2 Å². The number of piperazine rings is 1. The van der Waals surface area contributed by atoms with Crippen LogP contribution in [0.4, 0.5) is 0 Å². The van der Waals surface area contributed by atoms with E-state index in [9.17, 15) is 4.79 Å². The molecule has 2 rings (SSSR count). The van der Waals surface area contributed by atoms with Gasteiger partial charge in [-0.1, -0.05) is 11.6 Å². The Bertz CT molecular complexity index is 481. The van der Waals surface area contributed by atoms with Crippen molar-refractivity contribution in [3.05, 3.63) is 29.3 Å². The van der Waals surface area contributed by atoms with Crippen LogP contribution in [0.5, 0.6) is 5.75 Å². The third kappa shape index (κ3) is 5.48. The van der Waals surface area contributed by atoms with E-state index >= 15 is 0 Å². The number of amides is 1. The van der Waals surface area contributed by atoms with Gasteiger partial charge in [0.15, 0.2) is 0 Å². The summed E-state index contributed by atoms with van der Waals surface area (Å²) in [5.41, 5.74) is 0. The Hall–Kier alpha value is -1.30. The molecule has 1 unspecified atom stereocenters. The summed E-state index contributed by atoms with van der Waals surface area (Å²) in [5, 5.41) is 3.58. The fourth-order valence-corrected chi connectivity index (χ4v) is 2.67. The lowest BCUT2D eigenvalue weighted by atomic mass is 10.2. The van der Waals surface area contributed by atoms with Gasteiger partial charge in [-0.15, -0.1) is 0 Å². The van der Waals surface area contributed by atoms with E-state index in [1.54, 1.807) is 12.1 Å². The predicted octanol–water partition coefficient (Wildman–Crippen LogP) is 1.47. The second-order valence-corrected chi connectivity index (χ2v) is 6.17.